The van der Waals surface area contributed by atoms with Crippen LogP contribution in [0.5, 0.6) is 0 Å². The number of carbonyl (C=O) groups excluding carboxylic acids is 2. The Bertz CT molecular complexity index is 554. The third kappa shape index (κ3) is 0.395. The molecule has 8 atom stereocenters. The summed E-state index contributed by atoms with van der Waals surface area (Å²) in [6.07, 6.45) is 5.98. The number of Topliss-reactive ketones (excluding diaryl/α,β-unsaturated/α-hetero) is 2. The minimum Gasteiger partial charge on any atom is -0.299 e. The Morgan fingerprint density at radius 2 is 1.22 bits per heavy atom. The number of hydrogen-bond acceptors (Lipinski definition) is 2. The SMILES string of the molecule is O=C1C2C3C(=O)C45CCCC14C1C2C2(CC2)C3C15. The average Bonchev–Trinajstić information content (AvgIpc) is 2.89. The van der Waals surface area contributed by atoms with Gasteiger partial charge in [-0.1, -0.05) is 6.42 Å². The van der Waals surface area contributed by atoms with Gasteiger partial charge in [0.1, 0.15) is 11.6 Å². The molecule has 2 bridgehead atoms. The predicted molar refractivity (Wildman–Crippen MR) is 61.3 cm³/mol. The molecule has 92 valence electrons. The van der Waals surface area contributed by atoms with Crippen LogP contribution in [-0.4, -0.2) is 11.6 Å². The number of ketones is 2. The van der Waals surface area contributed by atoms with Crippen LogP contribution < -0.4 is 0 Å². The molecule has 0 aromatic heterocycles. The van der Waals surface area contributed by atoms with Gasteiger partial charge in [0.05, 0.1) is 0 Å². The van der Waals surface area contributed by atoms with Crippen LogP contribution in [0, 0.1) is 51.8 Å². The molecule has 7 aliphatic carbocycles. The van der Waals surface area contributed by atoms with Crippen molar-refractivity contribution in [3.8, 4) is 0 Å². The van der Waals surface area contributed by atoms with E-state index in [2.05, 4.69) is 0 Å². The first-order chi connectivity index (χ1) is 8.72. The zero-order valence-electron chi connectivity index (χ0n) is 10.3. The van der Waals surface area contributed by atoms with Gasteiger partial charge >= 0.3 is 0 Å². The van der Waals surface area contributed by atoms with Crippen molar-refractivity contribution >= 4 is 11.6 Å². The summed E-state index contributed by atoms with van der Waals surface area (Å²) in [5, 5.41) is 0. The Hall–Kier alpha value is -0.660. The normalized spacial score (nSPS) is 73.6. The molecule has 7 saturated carbocycles. The summed E-state index contributed by atoms with van der Waals surface area (Å²) in [5.74, 6) is 4.27. The third-order valence-electron chi connectivity index (χ3n) is 9.04. The highest BCUT2D eigenvalue weighted by atomic mass is 16.2. The molecule has 18 heavy (non-hydrogen) atoms. The maximum absolute atomic E-state index is 13.0. The summed E-state index contributed by atoms with van der Waals surface area (Å²) in [7, 11) is 0. The van der Waals surface area contributed by atoms with E-state index in [1.165, 1.54) is 12.8 Å². The minimum atomic E-state index is -0.0958. The molecular formula is C16H16O2. The van der Waals surface area contributed by atoms with Crippen LogP contribution in [0.15, 0.2) is 0 Å². The van der Waals surface area contributed by atoms with Gasteiger partial charge < -0.3 is 0 Å². The van der Waals surface area contributed by atoms with Gasteiger partial charge in [0.15, 0.2) is 0 Å². The van der Waals surface area contributed by atoms with E-state index >= 15 is 0 Å². The molecule has 7 fully saturated rings. The molecule has 8 unspecified atom stereocenters. The van der Waals surface area contributed by atoms with Crippen LogP contribution >= 0.6 is 0 Å². The fourth-order valence-corrected chi connectivity index (χ4v) is 9.22. The number of carbonyl (C=O) groups is 2. The first kappa shape index (κ1) is 8.50. The standard InChI is InChI=1S/C16H16O2/c17-12-6-7-9-11-10(8(6)14(9)4-5-14)15(12)2-1-3-16(11,15)13(7)18/h6-11H,1-5H2. The second kappa shape index (κ2) is 1.79. The van der Waals surface area contributed by atoms with E-state index in [4.69, 9.17) is 0 Å². The van der Waals surface area contributed by atoms with E-state index in [0.29, 0.717) is 40.7 Å². The number of rotatable bonds is 0. The highest BCUT2D eigenvalue weighted by Crippen LogP contribution is 2.99. The summed E-state index contributed by atoms with van der Waals surface area (Å²) in [4.78, 5) is 26.0. The van der Waals surface area contributed by atoms with Gasteiger partial charge in [-0.05, 0) is 54.8 Å². The lowest BCUT2D eigenvalue weighted by Gasteiger charge is -2.59. The molecular weight excluding hydrogens is 224 g/mol. The number of fused-ring (bicyclic) bond motifs is 1. The fourth-order valence-electron chi connectivity index (χ4n) is 9.22. The lowest BCUT2D eigenvalue weighted by atomic mass is 9.41. The molecule has 0 aromatic rings. The highest BCUT2D eigenvalue weighted by molar-refractivity contribution is 6.12. The Morgan fingerprint density at radius 3 is 1.67 bits per heavy atom. The van der Waals surface area contributed by atoms with Crippen molar-refractivity contribution < 1.29 is 9.59 Å². The van der Waals surface area contributed by atoms with Crippen molar-refractivity contribution in [2.45, 2.75) is 32.1 Å². The molecule has 0 heterocycles. The van der Waals surface area contributed by atoms with Crippen molar-refractivity contribution in [3.63, 3.8) is 0 Å². The topological polar surface area (TPSA) is 34.1 Å². The van der Waals surface area contributed by atoms with Gasteiger partial charge in [-0.25, -0.2) is 0 Å². The Kier molecular flexibility index (Phi) is 0.845. The summed E-state index contributed by atoms with van der Waals surface area (Å²) in [5.41, 5.74) is 0.316. The molecule has 0 saturated heterocycles. The Balaban J connectivity index is 1.68. The first-order valence-electron chi connectivity index (χ1n) is 7.80. The molecule has 0 aromatic carbocycles. The first-order valence-corrected chi connectivity index (χ1v) is 7.80. The number of hydrogen-bond donors (Lipinski definition) is 0. The Labute approximate surface area is 105 Å². The van der Waals surface area contributed by atoms with Crippen molar-refractivity contribution in [3.05, 3.63) is 0 Å². The molecule has 3 spiro atoms. The van der Waals surface area contributed by atoms with E-state index in [-0.39, 0.29) is 22.7 Å². The zero-order chi connectivity index (χ0) is 11.7. The van der Waals surface area contributed by atoms with Crippen LogP contribution in [0.25, 0.3) is 0 Å². The van der Waals surface area contributed by atoms with E-state index in [9.17, 15) is 9.59 Å². The lowest BCUT2D eigenvalue weighted by Crippen LogP contribution is -2.64. The minimum absolute atomic E-state index is 0.0958. The van der Waals surface area contributed by atoms with Crippen LogP contribution in [0.4, 0.5) is 0 Å². The monoisotopic (exact) mass is 240 g/mol. The summed E-state index contributed by atoms with van der Waals surface area (Å²) >= 11 is 0. The molecule has 0 radical (unpaired) electrons. The van der Waals surface area contributed by atoms with E-state index in [1.54, 1.807) is 0 Å². The van der Waals surface area contributed by atoms with Gasteiger partial charge in [-0.3, -0.25) is 9.59 Å². The predicted octanol–water partition coefficient (Wildman–Crippen LogP) is 1.83. The quantitative estimate of drug-likeness (QED) is 0.647. The zero-order valence-corrected chi connectivity index (χ0v) is 10.3. The molecule has 0 aliphatic heterocycles. The van der Waals surface area contributed by atoms with E-state index < -0.39 is 0 Å². The van der Waals surface area contributed by atoms with Gasteiger partial charge in [0.2, 0.25) is 0 Å². The van der Waals surface area contributed by atoms with Gasteiger partial charge in [0, 0.05) is 22.7 Å². The second-order valence-electron chi connectivity index (χ2n) is 8.41. The summed E-state index contributed by atoms with van der Waals surface area (Å²) in [6, 6.07) is 0. The summed E-state index contributed by atoms with van der Waals surface area (Å²) in [6.45, 7) is 0. The van der Waals surface area contributed by atoms with Gasteiger partial charge in [0.25, 0.3) is 0 Å². The maximum Gasteiger partial charge on any atom is 0.144 e. The van der Waals surface area contributed by atoms with Crippen LogP contribution in [0.1, 0.15) is 32.1 Å². The van der Waals surface area contributed by atoms with Gasteiger partial charge in [-0.15, -0.1) is 0 Å². The summed E-state index contributed by atoms with van der Waals surface area (Å²) < 4.78 is 0. The van der Waals surface area contributed by atoms with Crippen LogP contribution in [-0.2, 0) is 9.59 Å². The molecule has 2 heteroatoms. The van der Waals surface area contributed by atoms with Gasteiger partial charge in [-0.2, -0.15) is 0 Å². The smallest absolute Gasteiger partial charge is 0.144 e. The second-order valence-corrected chi connectivity index (χ2v) is 8.41. The van der Waals surface area contributed by atoms with E-state index in [1.807, 2.05) is 0 Å². The highest BCUT2D eigenvalue weighted by Gasteiger charge is 3.01. The average molecular weight is 240 g/mol. The molecule has 2 nitrogen and oxygen atoms in total. The van der Waals surface area contributed by atoms with Crippen molar-refractivity contribution in [2.24, 2.45) is 51.8 Å². The molecule has 7 rings (SSSR count). The van der Waals surface area contributed by atoms with E-state index in [0.717, 1.165) is 19.3 Å². The third-order valence-corrected chi connectivity index (χ3v) is 9.04. The molecule has 7 aliphatic rings. The maximum atomic E-state index is 13.0. The largest absolute Gasteiger partial charge is 0.299 e. The van der Waals surface area contributed by atoms with Crippen molar-refractivity contribution in [1.29, 1.82) is 0 Å². The molecule has 0 N–H and O–H groups in total. The van der Waals surface area contributed by atoms with Crippen molar-refractivity contribution in [1.82, 2.24) is 0 Å². The van der Waals surface area contributed by atoms with Crippen LogP contribution in [0.3, 0.4) is 0 Å². The molecule has 0 amide bonds. The van der Waals surface area contributed by atoms with Crippen molar-refractivity contribution in [2.75, 3.05) is 0 Å². The van der Waals surface area contributed by atoms with Crippen LogP contribution in [0.2, 0.25) is 0 Å². The lowest BCUT2D eigenvalue weighted by molar-refractivity contribution is -0.180. The fraction of sp³-hybridized carbons (Fsp3) is 0.875. The Morgan fingerprint density at radius 1 is 0.722 bits per heavy atom.